The molecule has 0 amide bonds. The maximum absolute atomic E-state index is 13.7. The minimum absolute atomic E-state index is 0.239. The number of benzene rings is 1. The van der Waals surface area contributed by atoms with E-state index < -0.39 is 0 Å². The van der Waals surface area contributed by atoms with Gasteiger partial charge in [-0.2, -0.15) is 0 Å². The molecule has 6 unspecified atom stereocenters. The van der Waals surface area contributed by atoms with Crippen molar-refractivity contribution >= 4 is 11.9 Å². The molecular weight excluding hydrogens is 380 g/mol. The van der Waals surface area contributed by atoms with Crippen molar-refractivity contribution in [1.82, 2.24) is 0 Å². The van der Waals surface area contributed by atoms with Crippen LogP contribution < -0.4 is 4.74 Å². The largest absolute Gasteiger partial charge is 0.497 e. The molecule has 4 aliphatic rings. The number of hydrogen-bond donors (Lipinski definition) is 0. The van der Waals surface area contributed by atoms with Crippen LogP contribution in [-0.4, -0.2) is 12.9 Å². The first-order valence-corrected chi connectivity index (χ1v) is 12.6. The molecule has 2 heteroatoms. The van der Waals surface area contributed by atoms with Crippen LogP contribution in [0.15, 0.2) is 29.8 Å². The molecule has 4 fully saturated rings. The maximum atomic E-state index is 13.7. The Labute approximate surface area is 188 Å². The zero-order valence-electron chi connectivity index (χ0n) is 20.2. The predicted octanol–water partition coefficient (Wildman–Crippen LogP) is 7.33. The fraction of sp³-hybridized carbons (Fsp3) is 0.690. The Kier molecular flexibility index (Phi) is 4.96. The molecule has 0 heterocycles. The van der Waals surface area contributed by atoms with E-state index in [1.54, 1.807) is 7.11 Å². The molecule has 0 aromatic heterocycles. The zero-order chi connectivity index (χ0) is 22.0. The van der Waals surface area contributed by atoms with Gasteiger partial charge in [0.25, 0.3) is 0 Å². The highest BCUT2D eigenvalue weighted by Crippen LogP contribution is 2.68. The average molecular weight is 421 g/mol. The van der Waals surface area contributed by atoms with Crippen LogP contribution >= 0.6 is 0 Å². The van der Waals surface area contributed by atoms with Crippen LogP contribution in [0, 0.1) is 39.9 Å². The van der Waals surface area contributed by atoms with E-state index in [9.17, 15) is 4.79 Å². The lowest BCUT2D eigenvalue weighted by Crippen LogP contribution is -2.58. The number of hydrogen-bond acceptors (Lipinski definition) is 2. The molecule has 4 aliphatic carbocycles. The lowest BCUT2D eigenvalue weighted by atomic mass is 9.41. The molecule has 4 saturated carbocycles. The molecule has 168 valence electrons. The summed E-state index contributed by atoms with van der Waals surface area (Å²) in [6.07, 6.45) is 12.8. The van der Waals surface area contributed by atoms with Gasteiger partial charge in [-0.25, -0.2) is 0 Å². The van der Waals surface area contributed by atoms with Gasteiger partial charge in [0.2, 0.25) is 0 Å². The van der Waals surface area contributed by atoms with Gasteiger partial charge in [0.15, 0.2) is 5.78 Å². The summed E-state index contributed by atoms with van der Waals surface area (Å²) in [5.74, 6) is 4.31. The van der Waals surface area contributed by atoms with E-state index in [1.165, 1.54) is 44.9 Å². The van der Waals surface area contributed by atoms with Gasteiger partial charge in [0.1, 0.15) is 5.75 Å². The number of rotatable bonds is 2. The Morgan fingerprint density at radius 3 is 2.39 bits per heavy atom. The summed E-state index contributed by atoms with van der Waals surface area (Å²) >= 11 is 0. The molecule has 0 aliphatic heterocycles. The Bertz CT molecular complexity index is 894. The second-order valence-electron chi connectivity index (χ2n) is 12.3. The van der Waals surface area contributed by atoms with Crippen LogP contribution in [0.2, 0.25) is 0 Å². The van der Waals surface area contributed by atoms with Gasteiger partial charge in [-0.15, -0.1) is 0 Å². The highest BCUT2D eigenvalue weighted by atomic mass is 16.5. The number of fused-ring (bicyclic) bond motifs is 5. The predicted molar refractivity (Wildman–Crippen MR) is 127 cm³/mol. The molecule has 0 radical (unpaired) electrons. The summed E-state index contributed by atoms with van der Waals surface area (Å²) < 4.78 is 5.31. The van der Waals surface area contributed by atoms with Gasteiger partial charge in [-0.3, -0.25) is 4.79 Å². The van der Waals surface area contributed by atoms with Gasteiger partial charge in [0, 0.05) is 5.41 Å². The second kappa shape index (κ2) is 7.22. The molecular formula is C29H40O2. The van der Waals surface area contributed by atoms with Crippen molar-refractivity contribution in [2.24, 2.45) is 39.9 Å². The van der Waals surface area contributed by atoms with Gasteiger partial charge in [-0.05, 0) is 109 Å². The van der Waals surface area contributed by atoms with Gasteiger partial charge in [-0.1, -0.05) is 46.2 Å². The van der Waals surface area contributed by atoms with Crippen molar-refractivity contribution < 1.29 is 9.53 Å². The lowest BCUT2D eigenvalue weighted by Gasteiger charge is -2.63. The molecule has 1 aromatic rings. The fourth-order valence-corrected chi connectivity index (χ4v) is 8.97. The first-order chi connectivity index (χ1) is 14.7. The number of ketones is 1. The number of carbonyl (C=O) groups is 1. The highest BCUT2D eigenvalue weighted by Gasteiger charge is 2.62. The van der Waals surface area contributed by atoms with Crippen molar-refractivity contribution in [2.45, 2.75) is 79.1 Å². The number of Topliss-reactive ketones (excluding diaryl/α,β-unsaturated/α-hetero) is 1. The smallest absolute Gasteiger partial charge is 0.164 e. The normalized spacial score (nSPS) is 42.6. The van der Waals surface area contributed by atoms with Crippen molar-refractivity contribution in [2.75, 3.05) is 7.11 Å². The molecule has 0 saturated heterocycles. The van der Waals surface area contributed by atoms with Crippen LogP contribution in [0.1, 0.15) is 84.6 Å². The van der Waals surface area contributed by atoms with E-state index in [1.807, 2.05) is 12.1 Å². The molecule has 0 N–H and O–H groups in total. The summed E-state index contributed by atoms with van der Waals surface area (Å²) in [5.41, 5.74) is 2.72. The average Bonchev–Trinajstić information content (AvgIpc) is 3.14. The third-order valence-corrected chi connectivity index (χ3v) is 10.4. The summed E-state index contributed by atoms with van der Waals surface area (Å²) in [5, 5.41) is 0. The summed E-state index contributed by atoms with van der Waals surface area (Å²) in [6.45, 7) is 9.62. The SMILES string of the molecule is COc1ccc(C=C2CC3(C)C4CCC5(C)CCCC5C4CCC3C(C)(C)C2=O)cc1. The van der Waals surface area contributed by atoms with E-state index in [2.05, 4.69) is 45.9 Å². The first-order valence-electron chi connectivity index (χ1n) is 12.6. The molecule has 0 bridgehead atoms. The lowest BCUT2D eigenvalue weighted by molar-refractivity contribution is -0.153. The zero-order valence-corrected chi connectivity index (χ0v) is 20.2. The third kappa shape index (κ3) is 3.15. The Balaban J connectivity index is 1.51. The molecule has 31 heavy (non-hydrogen) atoms. The van der Waals surface area contributed by atoms with E-state index in [4.69, 9.17) is 4.74 Å². The second-order valence-corrected chi connectivity index (χ2v) is 12.3. The highest BCUT2D eigenvalue weighted by molar-refractivity contribution is 6.04. The molecule has 5 rings (SSSR count). The number of carbonyl (C=O) groups excluding carboxylic acids is 1. The van der Waals surface area contributed by atoms with E-state index >= 15 is 0 Å². The summed E-state index contributed by atoms with van der Waals surface area (Å²) in [4.78, 5) is 13.7. The fourth-order valence-electron chi connectivity index (χ4n) is 8.97. The van der Waals surface area contributed by atoms with Crippen molar-refractivity contribution in [3.63, 3.8) is 0 Å². The molecule has 6 atom stereocenters. The third-order valence-electron chi connectivity index (χ3n) is 10.4. The van der Waals surface area contributed by atoms with Crippen LogP contribution in [-0.2, 0) is 4.79 Å². The number of allylic oxidation sites excluding steroid dienone is 1. The van der Waals surface area contributed by atoms with Crippen LogP contribution in [0.4, 0.5) is 0 Å². The Morgan fingerprint density at radius 1 is 0.935 bits per heavy atom. The van der Waals surface area contributed by atoms with Gasteiger partial charge in [0.05, 0.1) is 7.11 Å². The van der Waals surface area contributed by atoms with Gasteiger partial charge < -0.3 is 4.74 Å². The van der Waals surface area contributed by atoms with Crippen molar-refractivity contribution in [1.29, 1.82) is 0 Å². The van der Waals surface area contributed by atoms with Crippen LogP contribution in [0.5, 0.6) is 5.75 Å². The van der Waals surface area contributed by atoms with Crippen molar-refractivity contribution in [3.8, 4) is 5.75 Å². The minimum atomic E-state index is -0.271. The Hall–Kier alpha value is -1.57. The topological polar surface area (TPSA) is 26.3 Å². The van der Waals surface area contributed by atoms with Crippen molar-refractivity contribution in [3.05, 3.63) is 35.4 Å². The minimum Gasteiger partial charge on any atom is -0.497 e. The number of methoxy groups -OCH3 is 1. The summed E-state index contributed by atoms with van der Waals surface area (Å²) in [7, 11) is 1.70. The quantitative estimate of drug-likeness (QED) is 0.468. The molecule has 2 nitrogen and oxygen atoms in total. The first kappa shape index (κ1) is 21.3. The number of ether oxygens (including phenoxy) is 1. The van der Waals surface area contributed by atoms with Crippen LogP contribution in [0.25, 0.3) is 6.08 Å². The van der Waals surface area contributed by atoms with Gasteiger partial charge >= 0.3 is 0 Å². The van der Waals surface area contributed by atoms with E-state index in [0.717, 1.165) is 41.1 Å². The standard InChI is InChI=1S/C29H40O2/c1-27(2)25-13-12-22-23-7-6-15-28(23,3)16-14-24(22)29(25,4)18-20(26(27)30)17-19-8-10-21(31-5)11-9-19/h8-11,17,22-25H,6-7,12-16,18H2,1-5H3. The molecule has 0 spiro atoms. The maximum Gasteiger partial charge on any atom is 0.164 e. The molecule has 1 aromatic carbocycles. The van der Waals surface area contributed by atoms with E-state index in [-0.39, 0.29) is 10.8 Å². The van der Waals surface area contributed by atoms with E-state index in [0.29, 0.717) is 17.1 Å². The van der Waals surface area contributed by atoms with Crippen LogP contribution in [0.3, 0.4) is 0 Å². The summed E-state index contributed by atoms with van der Waals surface area (Å²) in [6, 6.07) is 8.14. The monoisotopic (exact) mass is 420 g/mol. The Morgan fingerprint density at radius 2 is 1.68 bits per heavy atom.